The second-order valence-electron chi connectivity index (χ2n) is 18.1. The highest BCUT2D eigenvalue weighted by molar-refractivity contribution is 6.39. The number of carbonyl (C=O) groups is 5. The van der Waals surface area contributed by atoms with Gasteiger partial charge in [0.1, 0.15) is 30.2 Å². The normalized spacial score (nSPS) is 38.1. The van der Waals surface area contributed by atoms with Crippen LogP contribution < -0.4 is 5.32 Å². The molecule has 0 spiro atoms. The van der Waals surface area contributed by atoms with Crippen molar-refractivity contribution in [3.05, 3.63) is 36.0 Å². The fourth-order valence-electron chi connectivity index (χ4n) is 9.86. The first kappa shape index (κ1) is 50.3. The van der Waals surface area contributed by atoms with Gasteiger partial charge < -0.3 is 39.0 Å². The van der Waals surface area contributed by atoms with Crippen molar-refractivity contribution < 1.29 is 57.2 Å². The van der Waals surface area contributed by atoms with E-state index in [4.69, 9.17) is 23.7 Å². The number of ketones is 2. The van der Waals surface area contributed by atoms with Crippen molar-refractivity contribution in [3.63, 3.8) is 0 Å². The van der Waals surface area contributed by atoms with Crippen molar-refractivity contribution in [2.75, 3.05) is 27.4 Å². The Morgan fingerprint density at radius 2 is 1.69 bits per heavy atom. The minimum atomic E-state index is -2.58. The van der Waals surface area contributed by atoms with Crippen LogP contribution in [0.25, 0.3) is 0 Å². The van der Waals surface area contributed by atoms with Crippen molar-refractivity contribution in [1.82, 2.24) is 10.2 Å². The highest BCUT2D eigenvalue weighted by Gasteiger charge is 2.56. The molecule has 0 aromatic rings. The summed E-state index contributed by atoms with van der Waals surface area (Å²) >= 11 is 0. The third-order valence-corrected chi connectivity index (χ3v) is 13.5. The van der Waals surface area contributed by atoms with Crippen LogP contribution in [0.1, 0.15) is 119 Å². The lowest BCUT2D eigenvalue weighted by Crippen LogP contribution is -2.64. The molecule has 344 valence electrons. The molecule has 2 amide bonds. The number of hydrogen-bond donors (Lipinski definition) is 2. The maximum absolute atomic E-state index is 16.3. The summed E-state index contributed by atoms with van der Waals surface area (Å²) < 4.78 is 46.5. The summed E-state index contributed by atoms with van der Waals surface area (Å²) in [6.07, 6.45) is 5.10. The van der Waals surface area contributed by atoms with E-state index in [0.717, 1.165) is 12.0 Å². The van der Waals surface area contributed by atoms with Gasteiger partial charge in [0.25, 0.3) is 11.7 Å². The Morgan fingerprint density at radius 3 is 2.33 bits per heavy atom. The predicted octanol–water partition coefficient (Wildman–Crippen LogP) is 6.15. The van der Waals surface area contributed by atoms with Crippen molar-refractivity contribution in [1.29, 1.82) is 0 Å². The average molecular weight is 861 g/mol. The number of amides is 2. The van der Waals surface area contributed by atoms with Gasteiger partial charge in [0.2, 0.25) is 11.7 Å². The van der Waals surface area contributed by atoms with E-state index in [2.05, 4.69) is 18.0 Å². The standard InChI is InChI=1S/C47H73FN2O11/c1-11-21-59-38-26-33(17-18-35(38)49-32(8)51)22-30(6)42-27(3)16-19-37(52)34(12-2)23-28(4)41(48)29(5)24-39(57-9)43-40(58-10)25-31(7)47(56,61-43)44(53)45(54)50-20-14-13-15-36(50)46(55)60-42/h11,22-23,27,29,31,33-36,38-43,56H,1,12-21,24-26H2,2-10H3,(H,49,51). The fourth-order valence-corrected chi connectivity index (χ4v) is 9.86. The number of cyclic esters (lactones) is 1. The van der Waals surface area contributed by atoms with E-state index >= 15 is 4.39 Å². The molecule has 14 unspecified atom stereocenters. The van der Waals surface area contributed by atoms with Gasteiger partial charge in [-0.05, 0) is 107 Å². The van der Waals surface area contributed by atoms with E-state index < -0.39 is 77.8 Å². The van der Waals surface area contributed by atoms with Gasteiger partial charge in [-0.15, -0.1) is 6.58 Å². The van der Waals surface area contributed by atoms with Crippen LogP contribution in [0.15, 0.2) is 36.0 Å². The summed E-state index contributed by atoms with van der Waals surface area (Å²) in [4.78, 5) is 70.0. The highest BCUT2D eigenvalue weighted by atomic mass is 19.1. The molecule has 1 aliphatic carbocycles. The van der Waals surface area contributed by atoms with E-state index in [1.807, 2.05) is 20.8 Å². The SMILES string of the molecule is C=CCOC1CC(C=C(C)C2OC(=O)C3CCCCN3C(=O)C(=O)C3(O)OC(C(OC)CC(C)C(F)C(C)=CC(CC)C(=O)CCC2C)C(OC)CC3C)CCC1NC(C)=O. The first-order valence-electron chi connectivity index (χ1n) is 22.4. The lowest BCUT2D eigenvalue weighted by atomic mass is 9.81. The molecule has 14 heteroatoms. The first-order valence-corrected chi connectivity index (χ1v) is 22.4. The first-order chi connectivity index (χ1) is 28.9. The predicted molar refractivity (Wildman–Crippen MR) is 228 cm³/mol. The molecule has 4 rings (SSSR count). The van der Waals surface area contributed by atoms with E-state index in [-0.39, 0.29) is 67.9 Å². The minimum Gasteiger partial charge on any atom is -0.456 e. The molecule has 3 fully saturated rings. The van der Waals surface area contributed by atoms with Crippen LogP contribution in [0.2, 0.25) is 0 Å². The maximum atomic E-state index is 16.3. The summed E-state index contributed by atoms with van der Waals surface area (Å²) in [6, 6.07) is -1.27. The Labute approximate surface area is 362 Å². The van der Waals surface area contributed by atoms with E-state index in [0.29, 0.717) is 50.7 Å². The molecule has 0 aromatic carbocycles. The van der Waals surface area contributed by atoms with Gasteiger partial charge in [0.05, 0.1) is 31.0 Å². The number of aliphatic hydroxyl groups is 1. The van der Waals surface area contributed by atoms with Gasteiger partial charge in [0, 0.05) is 45.9 Å². The second kappa shape index (κ2) is 22.9. The molecular weight excluding hydrogens is 788 g/mol. The van der Waals surface area contributed by atoms with Crippen molar-refractivity contribution in [2.45, 2.75) is 174 Å². The third kappa shape index (κ3) is 12.5. The molecule has 1 saturated carbocycles. The molecule has 61 heavy (non-hydrogen) atoms. The van der Waals surface area contributed by atoms with Crippen molar-refractivity contribution in [3.8, 4) is 0 Å². The number of esters is 1. The molecule has 2 saturated heterocycles. The number of Topliss-reactive ketones (excluding diaryl/α,β-unsaturated/α-hetero) is 2. The molecule has 3 aliphatic heterocycles. The molecule has 4 aliphatic rings. The number of nitrogens with zero attached hydrogens (tertiary/aromatic N) is 1. The van der Waals surface area contributed by atoms with Crippen molar-refractivity contribution >= 4 is 29.4 Å². The molecule has 0 radical (unpaired) electrons. The number of piperidine rings is 1. The minimum absolute atomic E-state index is 0.0222. The van der Waals surface area contributed by atoms with Gasteiger partial charge in [0.15, 0.2) is 0 Å². The van der Waals surface area contributed by atoms with Crippen LogP contribution in [0, 0.1) is 29.6 Å². The Kier molecular flexibility index (Phi) is 18.9. The van der Waals surface area contributed by atoms with Gasteiger partial charge in [-0.3, -0.25) is 19.2 Å². The molecule has 14 atom stereocenters. The number of hydrogen-bond acceptors (Lipinski definition) is 11. The molecule has 0 aromatic heterocycles. The van der Waals surface area contributed by atoms with Gasteiger partial charge in [-0.2, -0.15) is 0 Å². The summed E-state index contributed by atoms with van der Waals surface area (Å²) in [6.45, 7) is 16.4. The number of allylic oxidation sites excluding steroid dienone is 3. The second-order valence-corrected chi connectivity index (χ2v) is 18.1. The topological polar surface area (TPSA) is 167 Å². The Balaban J connectivity index is 1.75. The number of rotatable bonds is 9. The zero-order valence-corrected chi connectivity index (χ0v) is 38.0. The smallest absolute Gasteiger partial charge is 0.329 e. The fraction of sp³-hybridized carbons (Fsp3) is 0.766. The largest absolute Gasteiger partial charge is 0.456 e. The zero-order chi connectivity index (χ0) is 45.2. The number of fused-ring (bicyclic) bond motifs is 3. The third-order valence-electron chi connectivity index (χ3n) is 13.5. The lowest BCUT2D eigenvalue weighted by molar-refractivity contribution is -0.302. The Bertz CT molecular complexity index is 1620. The summed E-state index contributed by atoms with van der Waals surface area (Å²) in [5.41, 5.74) is 1.18. The quantitative estimate of drug-likeness (QED) is 0.155. The summed E-state index contributed by atoms with van der Waals surface area (Å²) in [5.74, 6) is -8.06. The summed E-state index contributed by atoms with van der Waals surface area (Å²) in [7, 11) is 2.91. The van der Waals surface area contributed by atoms with Crippen LogP contribution in [0.3, 0.4) is 0 Å². The lowest BCUT2D eigenvalue weighted by Gasteiger charge is -2.47. The average Bonchev–Trinajstić information content (AvgIpc) is 3.24. The van der Waals surface area contributed by atoms with E-state index in [1.54, 1.807) is 32.9 Å². The van der Waals surface area contributed by atoms with Crippen LogP contribution in [0.5, 0.6) is 0 Å². The number of alkyl halides is 1. The number of nitrogens with one attached hydrogen (secondary N) is 1. The van der Waals surface area contributed by atoms with Crippen LogP contribution in [0.4, 0.5) is 4.39 Å². The summed E-state index contributed by atoms with van der Waals surface area (Å²) in [5, 5.41) is 15.1. The van der Waals surface area contributed by atoms with E-state index in [9.17, 15) is 29.1 Å². The molecule has 13 nitrogen and oxygen atoms in total. The zero-order valence-electron chi connectivity index (χ0n) is 38.0. The van der Waals surface area contributed by atoms with Crippen LogP contribution in [-0.2, 0) is 47.7 Å². The molecule has 3 heterocycles. The Hall–Kier alpha value is -3.30. The number of carbonyl (C=O) groups excluding carboxylic acids is 5. The Morgan fingerprint density at radius 1 is 1.00 bits per heavy atom. The van der Waals surface area contributed by atoms with Gasteiger partial charge >= 0.3 is 5.97 Å². The van der Waals surface area contributed by atoms with Gasteiger partial charge in [-0.1, -0.05) is 45.9 Å². The maximum Gasteiger partial charge on any atom is 0.329 e. The highest BCUT2D eigenvalue weighted by Crippen LogP contribution is 2.39. The molecular formula is C47H73FN2O11. The number of halogens is 1. The van der Waals surface area contributed by atoms with Crippen LogP contribution in [-0.4, -0.2) is 121 Å². The number of ether oxygens (including phenoxy) is 5. The monoisotopic (exact) mass is 861 g/mol. The van der Waals surface area contributed by atoms with Crippen LogP contribution >= 0.6 is 0 Å². The molecule has 2 bridgehead atoms. The number of methoxy groups -OCH3 is 2. The molecule has 2 N–H and O–H groups in total. The van der Waals surface area contributed by atoms with Gasteiger partial charge in [-0.25, -0.2) is 9.18 Å². The van der Waals surface area contributed by atoms with Crippen molar-refractivity contribution in [2.24, 2.45) is 29.6 Å². The van der Waals surface area contributed by atoms with E-state index in [1.165, 1.54) is 26.0 Å².